The Morgan fingerprint density at radius 3 is 1.97 bits per heavy atom. The fraction of sp³-hybridized carbons (Fsp3) is 0.250. The average Bonchev–Trinajstić information content (AvgIpc) is 3.08. The maximum Gasteiger partial charge on any atom is 0.325 e. The molecule has 0 aliphatic carbocycles. The lowest BCUT2D eigenvalue weighted by atomic mass is 10.2. The Kier molecular flexibility index (Phi) is 7.47. The van der Waals surface area contributed by atoms with Crippen LogP contribution >= 0.6 is 46.4 Å². The van der Waals surface area contributed by atoms with Crippen molar-refractivity contribution in [2.75, 3.05) is 0 Å². The van der Waals surface area contributed by atoms with Crippen LogP contribution in [-0.2, 0) is 22.7 Å². The van der Waals surface area contributed by atoms with E-state index in [9.17, 15) is 14.4 Å². The third-order valence-electron chi connectivity index (χ3n) is 4.65. The summed E-state index contributed by atoms with van der Waals surface area (Å²) in [5.74, 6) is -0.856. The number of carbonyl (C=O) groups excluding carboxylic acids is 3. The second kappa shape index (κ2) is 9.88. The van der Waals surface area contributed by atoms with E-state index in [1.54, 1.807) is 36.4 Å². The molecule has 10 heteroatoms. The first-order valence-corrected chi connectivity index (χ1v) is 10.5. The van der Waals surface area contributed by atoms with Gasteiger partial charge in [0.25, 0.3) is 0 Å². The number of benzene rings is 2. The molecule has 1 atom stereocenters. The van der Waals surface area contributed by atoms with Crippen molar-refractivity contribution < 1.29 is 14.4 Å². The summed E-state index contributed by atoms with van der Waals surface area (Å²) >= 11 is 23.9. The van der Waals surface area contributed by atoms with E-state index in [1.165, 1.54) is 0 Å². The lowest BCUT2D eigenvalue weighted by molar-refractivity contribution is -0.132. The minimum absolute atomic E-state index is 0.0906. The number of urea groups is 1. The predicted octanol–water partition coefficient (Wildman–Crippen LogP) is 4.82. The number of hydrogen-bond acceptors (Lipinski definition) is 3. The Morgan fingerprint density at radius 1 is 0.900 bits per heavy atom. The van der Waals surface area contributed by atoms with Crippen LogP contribution in [0.4, 0.5) is 4.79 Å². The normalized spacial score (nSPS) is 15.9. The van der Waals surface area contributed by atoms with E-state index < -0.39 is 23.9 Å². The number of rotatable bonds is 5. The first kappa shape index (κ1) is 22.7. The van der Waals surface area contributed by atoms with Crippen LogP contribution in [0.2, 0.25) is 20.1 Å². The minimum atomic E-state index is -0.899. The largest absolute Gasteiger partial charge is 0.350 e. The molecular weight excluding hydrogens is 472 g/mol. The van der Waals surface area contributed by atoms with Crippen molar-refractivity contribution in [3.05, 3.63) is 67.6 Å². The summed E-state index contributed by atoms with van der Waals surface area (Å²) in [7, 11) is 0. The number of carbonyl (C=O) groups is 3. The van der Waals surface area contributed by atoms with Gasteiger partial charge in [0.05, 0.1) is 0 Å². The summed E-state index contributed by atoms with van der Waals surface area (Å²) in [5, 5.41) is 7.12. The Hall–Kier alpha value is -1.99. The van der Waals surface area contributed by atoms with Crippen LogP contribution in [0.15, 0.2) is 36.4 Å². The number of amides is 4. The zero-order valence-corrected chi connectivity index (χ0v) is 18.6. The first-order chi connectivity index (χ1) is 14.3. The fourth-order valence-electron chi connectivity index (χ4n) is 3.07. The van der Waals surface area contributed by atoms with Crippen molar-refractivity contribution in [2.45, 2.75) is 32.0 Å². The SMILES string of the molecule is O=C(NCc1ccc(Cl)cc1Cl)[C@@H]1CCC(=O)N1C(=O)NCc1ccc(Cl)cc1Cl. The number of nitrogens with one attached hydrogen (secondary N) is 2. The Bertz CT molecular complexity index is 999. The molecule has 1 heterocycles. The van der Waals surface area contributed by atoms with Gasteiger partial charge >= 0.3 is 6.03 Å². The smallest absolute Gasteiger partial charge is 0.325 e. The highest BCUT2D eigenvalue weighted by molar-refractivity contribution is 6.35. The van der Waals surface area contributed by atoms with Crippen molar-refractivity contribution in [3.63, 3.8) is 0 Å². The van der Waals surface area contributed by atoms with Crippen molar-refractivity contribution in [1.29, 1.82) is 0 Å². The highest BCUT2D eigenvalue weighted by Crippen LogP contribution is 2.23. The van der Waals surface area contributed by atoms with Crippen LogP contribution < -0.4 is 10.6 Å². The van der Waals surface area contributed by atoms with Gasteiger partial charge in [-0.2, -0.15) is 0 Å². The molecule has 4 amide bonds. The van der Waals surface area contributed by atoms with Crippen molar-refractivity contribution in [3.8, 4) is 0 Å². The van der Waals surface area contributed by atoms with Crippen molar-refractivity contribution in [1.82, 2.24) is 15.5 Å². The molecule has 1 fully saturated rings. The minimum Gasteiger partial charge on any atom is -0.350 e. The standard InChI is InChI=1S/C20H17Cl4N3O3/c21-13-3-1-11(15(23)7-13)9-25-19(29)17-5-6-18(28)27(17)20(30)26-10-12-2-4-14(22)8-16(12)24/h1-4,7-8,17H,5-6,9-10H2,(H,25,29)(H,26,30)/t17-/m0/s1. The van der Waals surface area contributed by atoms with Crippen molar-refractivity contribution in [2.24, 2.45) is 0 Å². The molecule has 0 aromatic heterocycles. The Morgan fingerprint density at radius 2 is 1.43 bits per heavy atom. The molecule has 2 N–H and O–H groups in total. The quantitative estimate of drug-likeness (QED) is 0.633. The fourth-order valence-corrected chi connectivity index (χ4v) is 4.02. The number of likely N-dealkylation sites (tertiary alicyclic amines) is 1. The molecule has 0 saturated carbocycles. The Balaban J connectivity index is 1.62. The Labute approximate surface area is 193 Å². The van der Waals surface area contributed by atoms with E-state index in [4.69, 9.17) is 46.4 Å². The van der Waals surface area contributed by atoms with Crippen LogP contribution in [0.1, 0.15) is 24.0 Å². The maximum absolute atomic E-state index is 12.6. The highest BCUT2D eigenvalue weighted by Gasteiger charge is 2.40. The second-order valence-corrected chi connectivity index (χ2v) is 8.35. The van der Waals surface area contributed by atoms with Crippen LogP contribution in [0, 0.1) is 0 Å². The molecule has 0 bridgehead atoms. The molecule has 6 nitrogen and oxygen atoms in total. The van der Waals surface area contributed by atoms with Gasteiger partial charge in [0.1, 0.15) is 6.04 Å². The number of halogens is 4. The molecule has 30 heavy (non-hydrogen) atoms. The zero-order valence-electron chi connectivity index (χ0n) is 15.6. The number of nitrogens with zero attached hydrogens (tertiary/aromatic N) is 1. The lowest BCUT2D eigenvalue weighted by Crippen LogP contribution is -2.50. The van der Waals surface area contributed by atoms with Crippen LogP contribution in [0.3, 0.4) is 0 Å². The third kappa shape index (κ3) is 5.38. The summed E-state index contributed by atoms with van der Waals surface area (Å²) in [4.78, 5) is 38.4. The van der Waals surface area contributed by atoms with Gasteiger partial charge in [-0.05, 0) is 41.8 Å². The van der Waals surface area contributed by atoms with Crippen molar-refractivity contribution >= 4 is 64.2 Å². The van der Waals surface area contributed by atoms with E-state index >= 15 is 0 Å². The van der Waals surface area contributed by atoms with Gasteiger partial charge in [-0.1, -0.05) is 58.5 Å². The summed E-state index contributed by atoms with van der Waals surface area (Å²) in [6.45, 7) is 0.239. The third-order valence-corrected chi connectivity index (χ3v) is 5.82. The molecule has 3 rings (SSSR count). The van der Waals surface area contributed by atoms with Crippen LogP contribution in [0.25, 0.3) is 0 Å². The van der Waals surface area contributed by atoms with E-state index in [-0.39, 0.29) is 25.9 Å². The van der Waals surface area contributed by atoms with Gasteiger partial charge in [-0.3, -0.25) is 14.5 Å². The van der Waals surface area contributed by atoms with E-state index in [1.807, 2.05) is 0 Å². The highest BCUT2D eigenvalue weighted by atomic mass is 35.5. The number of imide groups is 1. The van der Waals surface area contributed by atoms with Crippen LogP contribution in [-0.4, -0.2) is 28.8 Å². The molecule has 0 spiro atoms. The van der Waals surface area contributed by atoms with Crippen LogP contribution in [0.5, 0.6) is 0 Å². The molecule has 2 aromatic carbocycles. The maximum atomic E-state index is 12.6. The van der Waals surface area contributed by atoms with Gasteiger partial charge < -0.3 is 10.6 Å². The molecule has 0 unspecified atom stereocenters. The van der Waals surface area contributed by atoms with E-state index in [0.29, 0.717) is 31.2 Å². The zero-order chi connectivity index (χ0) is 21.8. The molecule has 1 saturated heterocycles. The molecule has 0 radical (unpaired) electrons. The average molecular weight is 489 g/mol. The molecule has 1 aliphatic heterocycles. The monoisotopic (exact) mass is 487 g/mol. The summed E-state index contributed by atoms with van der Waals surface area (Å²) in [5.41, 5.74) is 1.31. The summed E-state index contributed by atoms with van der Waals surface area (Å²) in [6, 6.07) is 8.26. The topological polar surface area (TPSA) is 78.5 Å². The van der Waals surface area contributed by atoms with Gasteiger partial charge in [0.15, 0.2) is 0 Å². The number of hydrogen-bond donors (Lipinski definition) is 2. The molecule has 2 aromatic rings. The molecular formula is C20H17Cl4N3O3. The van der Waals surface area contributed by atoms with Gasteiger partial charge in [-0.25, -0.2) is 4.79 Å². The summed E-state index contributed by atoms with van der Waals surface area (Å²) < 4.78 is 0. The van der Waals surface area contributed by atoms with E-state index in [2.05, 4.69) is 10.6 Å². The molecule has 158 valence electrons. The van der Waals surface area contributed by atoms with Gasteiger partial charge in [0.2, 0.25) is 11.8 Å². The first-order valence-electron chi connectivity index (χ1n) is 9.01. The van der Waals surface area contributed by atoms with E-state index in [0.717, 1.165) is 4.90 Å². The predicted molar refractivity (Wildman–Crippen MR) is 117 cm³/mol. The van der Waals surface area contributed by atoms with Gasteiger partial charge in [0, 0.05) is 39.6 Å². The summed E-state index contributed by atoms with van der Waals surface area (Å²) in [6.07, 6.45) is 0.350. The second-order valence-electron chi connectivity index (χ2n) is 6.67. The van der Waals surface area contributed by atoms with Gasteiger partial charge in [-0.15, -0.1) is 0 Å². The molecule has 1 aliphatic rings. The lowest BCUT2D eigenvalue weighted by Gasteiger charge is -2.23.